The molecule has 1 amide bonds. The highest BCUT2D eigenvalue weighted by Crippen LogP contribution is 2.19. The molecule has 0 bridgehead atoms. The van der Waals surface area contributed by atoms with Crippen molar-refractivity contribution in [3.63, 3.8) is 0 Å². The van der Waals surface area contributed by atoms with Crippen LogP contribution >= 0.6 is 0 Å². The molecule has 4 nitrogen and oxygen atoms in total. The summed E-state index contributed by atoms with van der Waals surface area (Å²) in [4.78, 5) is 16.9. The molecule has 2 saturated heterocycles. The number of carbonyl (C=O) groups is 1. The zero-order chi connectivity index (χ0) is 13.0. The number of hydrogen-bond donors (Lipinski definition) is 1. The van der Waals surface area contributed by atoms with Crippen molar-refractivity contribution in [2.45, 2.75) is 32.7 Å². The average Bonchev–Trinajstić information content (AvgIpc) is 2.85. The third-order valence-electron chi connectivity index (χ3n) is 3.81. The number of piperazine rings is 1. The third kappa shape index (κ3) is 3.33. The van der Waals surface area contributed by atoms with Gasteiger partial charge in [-0.05, 0) is 33.2 Å². The van der Waals surface area contributed by atoms with Crippen molar-refractivity contribution in [2.24, 2.45) is 0 Å². The molecule has 0 saturated carbocycles. The molecule has 0 aromatic heterocycles. The Morgan fingerprint density at radius 2 is 2.00 bits per heavy atom. The van der Waals surface area contributed by atoms with Crippen LogP contribution in [0.4, 0.5) is 0 Å². The lowest BCUT2D eigenvalue weighted by Crippen LogP contribution is -2.52. The molecule has 0 aromatic carbocycles. The van der Waals surface area contributed by atoms with Gasteiger partial charge in [0.05, 0.1) is 6.04 Å². The third-order valence-corrected chi connectivity index (χ3v) is 3.81. The highest BCUT2D eigenvalue weighted by Gasteiger charge is 2.33. The van der Waals surface area contributed by atoms with E-state index < -0.39 is 0 Å². The van der Waals surface area contributed by atoms with Gasteiger partial charge in [0.2, 0.25) is 5.91 Å². The molecule has 2 rings (SSSR count). The van der Waals surface area contributed by atoms with Gasteiger partial charge in [0, 0.05) is 32.7 Å². The van der Waals surface area contributed by atoms with E-state index in [2.05, 4.69) is 30.1 Å². The maximum atomic E-state index is 12.5. The number of carbonyl (C=O) groups excluding carboxylic acids is 1. The van der Waals surface area contributed by atoms with Gasteiger partial charge in [0.1, 0.15) is 0 Å². The fourth-order valence-corrected chi connectivity index (χ4v) is 2.72. The smallest absolute Gasteiger partial charge is 0.240 e. The van der Waals surface area contributed by atoms with Gasteiger partial charge >= 0.3 is 0 Å². The molecular weight excluding hydrogens is 226 g/mol. The van der Waals surface area contributed by atoms with E-state index in [4.69, 9.17) is 0 Å². The first-order valence-electron chi connectivity index (χ1n) is 7.05. The lowest BCUT2D eigenvalue weighted by molar-refractivity contribution is -0.136. The summed E-state index contributed by atoms with van der Waals surface area (Å²) >= 11 is 0. The first kappa shape index (κ1) is 13.6. The Kier molecular flexibility index (Phi) is 4.78. The quantitative estimate of drug-likeness (QED) is 0.755. The van der Waals surface area contributed by atoms with Crippen molar-refractivity contribution in [3.05, 3.63) is 11.6 Å². The average molecular weight is 251 g/mol. The molecule has 2 fully saturated rings. The predicted molar refractivity (Wildman–Crippen MR) is 73.5 cm³/mol. The Morgan fingerprint density at radius 1 is 1.28 bits per heavy atom. The van der Waals surface area contributed by atoms with Gasteiger partial charge in [-0.1, -0.05) is 11.6 Å². The van der Waals surface area contributed by atoms with Gasteiger partial charge in [-0.15, -0.1) is 0 Å². The Bertz CT molecular complexity index is 317. The molecule has 2 aliphatic heterocycles. The zero-order valence-electron chi connectivity index (χ0n) is 11.6. The van der Waals surface area contributed by atoms with Crippen LogP contribution in [0.5, 0.6) is 0 Å². The fraction of sp³-hybridized carbons (Fsp3) is 0.786. The zero-order valence-corrected chi connectivity index (χ0v) is 11.6. The number of nitrogens with zero attached hydrogens (tertiary/aromatic N) is 2. The van der Waals surface area contributed by atoms with E-state index in [-0.39, 0.29) is 6.04 Å². The Balaban J connectivity index is 1.93. The van der Waals surface area contributed by atoms with Crippen LogP contribution in [0.15, 0.2) is 11.6 Å². The van der Waals surface area contributed by atoms with Crippen molar-refractivity contribution in [1.82, 2.24) is 15.1 Å². The number of hydrogen-bond acceptors (Lipinski definition) is 3. The van der Waals surface area contributed by atoms with E-state index in [9.17, 15) is 4.79 Å². The number of nitrogens with one attached hydrogen (secondary N) is 1. The van der Waals surface area contributed by atoms with Gasteiger partial charge in [0.25, 0.3) is 0 Å². The van der Waals surface area contributed by atoms with Crippen molar-refractivity contribution in [2.75, 3.05) is 39.3 Å². The van der Waals surface area contributed by atoms with E-state index in [1.165, 1.54) is 5.57 Å². The predicted octanol–water partition coefficient (Wildman–Crippen LogP) is 0.849. The minimum Gasteiger partial charge on any atom is -0.339 e. The lowest BCUT2D eigenvalue weighted by atomic mass is 10.1. The lowest BCUT2D eigenvalue weighted by Gasteiger charge is -2.32. The van der Waals surface area contributed by atoms with Gasteiger partial charge in [-0.2, -0.15) is 0 Å². The molecule has 4 heteroatoms. The van der Waals surface area contributed by atoms with Crippen LogP contribution in [0, 0.1) is 0 Å². The summed E-state index contributed by atoms with van der Waals surface area (Å²) in [6.07, 6.45) is 4.40. The molecule has 1 N–H and O–H groups in total. The number of amides is 1. The standard InChI is InChI=1S/C14H25N3O/c1-12(2)5-9-16-8-3-4-13(16)14(18)17-10-6-15-7-11-17/h5,13,15H,3-4,6-11H2,1-2H3. The first-order valence-corrected chi connectivity index (χ1v) is 7.05. The summed E-state index contributed by atoms with van der Waals surface area (Å²) in [5.74, 6) is 0.344. The van der Waals surface area contributed by atoms with Crippen LogP contribution in [0.25, 0.3) is 0 Å². The summed E-state index contributed by atoms with van der Waals surface area (Å²) < 4.78 is 0. The van der Waals surface area contributed by atoms with Crippen molar-refractivity contribution < 1.29 is 4.79 Å². The molecule has 18 heavy (non-hydrogen) atoms. The molecule has 1 unspecified atom stereocenters. The molecule has 102 valence electrons. The fourth-order valence-electron chi connectivity index (χ4n) is 2.72. The van der Waals surface area contributed by atoms with E-state index in [1.807, 2.05) is 4.90 Å². The van der Waals surface area contributed by atoms with Crippen LogP contribution in [-0.2, 0) is 4.79 Å². The second kappa shape index (κ2) is 6.34. The largest absolute Gasteiger partial charge is 0.339 e. The molecule has 0 aliphatic carbocycles. The maximum Gasteiger partial charge on any atom is 0.240 e. The van der Waals surface area contributed by atoms with E-state index in [0.29, 0.717) is 5.91 Å². The topological polar surface area (TPSA) is 35.6 Å². The summed E-state index contributed by atoms with van der Waals surface area (Å²) in [6, 6.07) is 0.124. The van der Waals surface area contributed by atoms with Gasteiger partial charge in [0.15, 0.2) is 0 Å². The van der Waals surface area contributed by atoms with Crippen molar-refractivity contribution in [3.8, 4) is 0 Å². The van der Waals surface area contributed by atoms with Crippen molar-refractivity contribution >= 4 is 5.91 Å². The summed E-state index contributed by atoms with van der Waals surface area (Å²) in [5.41, 5.74) is 1.33. The normalized spacial score (nSPS) is 25.2. The number of rotatable bonds is 3. The van der Waals surface area contributed by atoms with Crippen molar-refractivity contribution in [1.29, 1.82) is 0 Å². The molecule has 2 heterocycles. The van der Waals surface area contributed by atoms with Crippen LogP contribution in [0.1, 0.15) is 26.7 Å². The first-order chi connectivity index (χ1) is 8.68. The minimum absolute atomic E-state index is 0.124. The summed E-state index contributed by atoms with van der Waals surface area (Å²) in [5, 5.41) is 3.29. The molecular formula is C14H25N3O. The highest BCUT2D eigenvalue weighted by atomic mass is 16.2. The summed E-state index contributed by atoms with van der Waals surface area (Å²) in [6.45, 7) is 9.82. The van der Waals surface area contributed by atoms with Crippen LogP contribution in [0.2, 0.25) is 0 Å². The second-order valence-corrected chi connectivity index (χ2v) is 5.51. The van der Waals surface area contributed by atoms with Crippen LogP contribution in [-0.4, -0.2) is 61.0 Å². The number of allylic oxidation sites excluding steroid dienone is 1. The molecule has 0 radical (unpaired) electrons. The Labute approximate surface area is 110 Å². The maximum absolute atomic E-state index is 12.5. The molecule has 2 aliphatic rings. The Morgan fingerprint density at radius 3 is 2.67 bits per heavy atom. The van der Waals surface area contributed by atoms with Crippen LogP contribution in [0.3, 0.4) is 0 Å². The van der Waals surface area contributed by atoms with Gasteiger partial charge in [-0.25, -0.2) is 0 Å². The highest BCUT2D eigenvalue weighted by molar-refractivity contribution is 5.82. The van der Waals surface area contributed by atoms with Crippen LogP contribution < -0.4 is 5.32 Å². The summed E-state index contributed by atoms with van der Waals surface area (Å²) in [7, 11) is 0. The number of likely N-dealkylation sites (tertiary alicyclic amines) is 1. The van der Waals surface area contributed by atoms with E-state index in [1.54, 1.807) is 0 Å². The van der Waals surface area contributed by atoms with E-state index >= 15 is 0 Å². The Hall–Kier alpha value is -0.870. The minimum atomic E-state index is 0.124. The molecule has 1 atom stereocenters. The van der Waals surface area contributed by atoms with Gasteiger partial charge < -0.3 is 10.2 Å². The van der Waals surface area contributed by atoms with E-state index in [0.717, 1.165) is 52.1 Å². The second-order valence-electron chi connectivity index (χ2n) is 5.51. The monoisotopic (exact) mass is 251 g/mol. The molecule has 0 spiro atoms. The molecule has 0 aromatic rings. The SMILES string of the molecule is CC(C)=CCN1CCCC1C(=O)N1CCNCC1. The van der Waals surface area contributed by atoms with Gasteiger partial charge in [-0.3, -0.25) is 9.69 Å².